The van der Waals surface area contributed by atoms with Gasteiger partial charge in [0.25, 0.3) is 0 Å². The average Bonchev–Trinajstić information content (AvgIpc) is 2.75. The molecule has 4 N–H and O–H groups in total. The third-order valence-corrected chi connectivity index (χ3v) is 6.33. The maximum atomic E-state index is 14.6. The Morgan fingerprint density at radius 2 is 1.62 bits per heavy atom. The van der Waals surface area contributed by atoms with Gasteiger partial charge in [0.2, 0.25) is 15.7 Å². The van der Waals surface area contributed by atoms with Crippen molar-refractivity contribution >= 4 is 15.7 Å². The van der Waals surface area contributed by atoms with E-state index in [-0.39, 0.29) is 22.6 Å². The van der Waals surface area contributed by atoms with Crippen molar-refractivity contribution in [1.82, 2.24) is 5.48 Å². The van der Waals surface area contributed by atoms with Gasteiger partial charge in [-0.05, 0) is 48.0 Å². The third-order valence-electron chi connectivity index (χ3n) is 4.50. The molecule has 1 atom stereocenters. The van der Waals surface area contributed by atoms with E-state index in [0.29, 0.717) is 12.1 Å². The maximum absolute atomic E-state index is 14.6. The number of hydroxylamine groups is 1. The van der Waals surface area contributed by atoms with Gasteiger partial charge < -0.3 is 15.7 Å². The Morgan fingerprint density at radius 3 is 2.19 bits per heavy atom. The SMILES string of the molecule is NC(=O)[C@@H](Cc1ccccc1S(=O)(=O)c1cc(F)c(Oc2ccc(F)cc2)c(F)c1)NO. The number of nitrogens with one attached hydrogen (secondary N) is 1. The van der Waals surface area contributed by atoms with E-state index in [0.717, 1.165) is 24.3 Å². The first-order valence-corrected chi connectivity index (χ1v) is 10.6. The molecule has 3 aromatic rings. The van der Waals surface area contributed by atoms with E-state index in [4.69, 9.17) is 15.7 Å². The summed E-state index contributed by atoms with van der Waals surface area (Å²) < 4.78 is 73.4. The normalized spacial score (nSPS) is 12.4. The molecule has 1 amide bonds. The molecule has 0 unspecified atom stereocenters. The van der Waals surface area contributed by atoms with Crippen molar-refractivity contribution in [1.29, 1.82) is 0 Å². The van der Waals surface area contributed by atoms with E-state index in [1.54, 1.807) is 5.48 Å². The van der Waals surface area contributed by atoms with E-state index in [1.165, 1.54) is 24.3 Å². The van der Waals surface area contributed by atoms with Crippen LogP contribution in [0.3, 0.4) is 0 Å². The highest BCUT2D eigenvalue weighted by atomic mass is 32.2. The Balaban J connectivity index is 1.99. The Labute approximate surface area is 181 Å². The summed E-state index contributed by atoms with van der Waals surface area (Å²) in [6.07, 6.45) is -0.294. The second-order valence-electron chi connectivity index (χ2n) is 6.67. The molecule has 0 aliphatic carbocycles. The van der Waals surface area contributed by atoms with E-state index in [2.05, 4.69) is 0 Å². The van der Waals surface area contributed by atoms with Crippen LogP contribution in [0.2, 0.25) is 0 Å². The fourth-order valence-electron chi connectivity index (χ4n) is 2.90. The summed E-state index contributed by atoms with van der Waals surface area (Å²) in [5, 5.41) is 9.07. The van der Waals surface area contributed by atoms with Gasteiger partial charge in [-0.25, -0.2) is 21.6 Å². The van der Waals surface area contributed by atoms with E-state index >= 15 is 0 Å². The van der Waals surface area contributed by atoms with Gasteiger partial charge in [0.15, 0.2) is 17.4 Å². The molecule has 0 aliphatic rings. The minimum absolute atomic E-state index is 0.0563. The summed E-state index contributed by atoms with van der Waals surface area (Å²) >= 11 is 0. The topological polar surface area (TPSA) is 119 Å². The van der Waals surface area contributed by atoms with Gasteiger partial charge in [-0.1, -0.05) is 18.2 Å². The average molecular weight is 466 g/mol. The quantitative estimate of drug-likeness (QED) is 0.439. The molecular weight excluding hydrogens is 449 g/mol. The van der Waals surface area contributed by atoms with Crippen molar-refractivity contribution in [2.45, 2.75) is 22.3 Å². The predicted octanol–water partition coefficient (Wildman–Crippen LogP) is 3.10. The lowest BCUT2D eigenvalue weighted by Crippen LogP contribution is -2.41. The Morgan fingerprint density at radius 1 is 1.03 bits per heavy atom. The standard InChI is InChI=1S/C21H17F3N2O5S/c22-13-5-7-14(8-6-13)31-20-16(23)10-15(11-17(20)24)32(29,30)19-4-2-1-3-12(19)9-18(26-28)21(25)27/h1-8,10-11,18,26,28H,9H2,(H2,25,27)/t18-/m1/s1. The van der Waals surface area contributed by atoms with Gasteiger partial charge in [-0.15, -0.1) is 0 Å². The molecule has 7 nitrogen and oxygen atoms in total. The van der Waals surface area contributed by atoms with Crippen LogP contribution in [-0.2, 0) is 21.1 Å². The van der Waals surface area contributed by atoms with E-state index in [9.17, 15) is 26.4 Å². The van der Waals surface area contributed by atoms with E-state index < -0.39 is 49.9 Å². The molecule has 0 saturated carbocycles. The molecule has 3 rings (SSSR count). The largest absolute Gasteiger partial charge is 0.451 e. The van der Waals surface area contributed by atoms with Crippen molar-refractivity contribution in [2.75, 3.05) is 0 Å². The number of carbonyl (C=O) groups is 1. The molecule has 0 radical (unpaired) electrons. The number of hydrogen-bond donors (Lipinski definition) is 3. The number of rotatable bonds is 8. The fourth-order valence-corrected chi connectivity index (χ4v) is 4.43. The molecule has 32 heavy (non-hydrogen) atoms. The monoisotopic (exact) mass is 466 g/mol. The predicted molar refractivity (Wildman–Crippen MR) is 106 cm³/mol. The maximum Gasteiger partial charge on any atom is 0.237 e. The fraction of sp³-hybridized carbons (Fsp3) is 0.0952. The molecule has 0 fully saturated rings. The smallest absolute Gasteiger partial charge is 0.237 e. The molecule has 0 bridgehead atoms. The Bertz CT molecular complexity index is 1230. The number of ether oxygens (including phenoxy) is 1. The molecule has 0 heterocycles. The Kier molecular flexibility index (Phi) is 6.82. The number of carbonyl (C=O) groups excluding carboxylic acids is 1. The first kappa shape index (κ1) is 23.3. The zero-order valence-electron chi connectivity index (χ0n) is 16.3. The van der Waals surface area contributed by atoms with Crippen LogP contribution in [0.1, 0.15) is 5.56 Å². The highest BCUT2D eigenvalue weighted by molar-refractivity contribution is 7.91. The second-order valence-corrected chi connectivity index (χ2v) is 8.59. The van der Waals surface area contributed by atoms with Gasteiger partial charge in [0.05, 0.1) is 9.79 Å². The zero-order chi connectivity index (χ0) is 23.5. The summed E-state index contributed by atoms with van der Waals surface area (Å²) in [6.45, 7) is 0. The molecule has 168 valence electrons. The van der Waals surface area contributed by atoms with Crippen LogP contribution in [0.4, 0.5) is 13.2 Å². The van der Waals surface area contributed by atoms with Gasteiger partial charge in [-0.2, -0.15) is 5.48 Å². The van der Waals surface area contributed by atoms with Crippen LogP contribution >= 0.6 is 0 Å². The molecule has 3 aromatic carbocycles. The molecule has 11 heteroatoms. The first-order chi connectivity index (χ1) is 15.1. The number of benzene rings is 3. The molecule has 0 saturated heterocycles. The van der Waals surface area contributed by atoms with Crippen molar-refractivity contribution in [3.63, 3.8) is 0 Å². The van der Waals surface area contributed by atoms with Crippen molar-refractivity contribution in [2.24, 2.45) is 5.73 Å². The molecule has 0 aromatic heterocycles. The van der Waals surface area contributed by atoms with Crippen LogP contribution in [0.5, 0.6) is 11.5 Å². The second kappa shape index (κ2) is 9.39. The summed E-state index contributed by atoms with van der Waals surface area (Å²) in [5.41, 5.74) is 6.93. The number of nitrogens with two attached hydrogens (primary N) is 1. The molecular formula is C21H17F3N2O5S. The van der Waals surface area contributed by atoms with Crippen molar-refractivity contribution in [3.8, 4) is 11.5 Å². The number of sulfone groups is 1. The number of amides is 1. The summed E-state index contributed by atoms with van der Waals surface area (Å²) in [5.74, 6) is -5.01. The summed E-state index contributed by atoms with van der Waals surface area (Å²) in [6, 6.07) is 9.70. The molecule has 0 spiro atoms. The summed E-state index contributed by atoms with van der Waals surface area (Å²) in [4.78, 5) is 10.4. The van der Waals surface area contributed by atoms with Gasteiger partial charge >= 0.3 is 0 Å². The lowest BCUT2D eigenvalue weighted by molar-refractivity contribution is -0.122. The lowest BCUT2D eigenvalue weighted by Gasteiger charge is -2.15. The zero-order valence-corrected chi connectivity index (χ0v) is 17.1. The lowest BCUT2D eigenvalue weighted by atomic mass is 10.1. The highest BCUT2D eigenvalue weighted by Crippen LogP contribution is 2.33. The molecule has 0 aliphatic heterocycles. The van der Waals surface area contributed by atoms with Crippen molar-refractivity contribution < 1.29 is 36.3 Å². The third kappa shape index (κ3) is 4.90. The highest BCUT2D eigenvalue weighted by Gasteiger charge is 2.27. The van der Waals surface area contributed by atoms with Crippen LogP contribution in [0.25, 0.3) is 0 Å². The first-order valence-electron chi connectivity index (χ1n) is 9.08. The van der Waals surface area contributed by atoms with Crippen LogP contribution < -0.4 is 16.0 Å². The van der Waals surface area contributed by atoms with Gasteiger partial charge in [-0.3, -0.25) is 4.79 Å². The minimum atomic E-state index is -4.44. The summed E-state index contributed by atoms with van der Waals surface area (Å²) in [7, 11) is -4.44. The van der Waals surface area contributed by atoms with E-state index in [1.807, 2.05) is 0 Å². The Hall–Kier alpha value is -3.41. The number of halogens is 3. The number of primary amides is 1. The van der Waals surface area contributed by atoms with Crippen LogP contribution in [0.15, 0.2) is 70.5 Å². The minimum Gasteiger partial charge on any atom is -0.451 e. The number of hydrogen-bond acceptors (Lipinski definition) is 6. The van der Waals surface area contributed by atoms with Gasteiger partial charge in [0, 0.05) is 6.42 Å². The van der Waals surface area contributed by atoms with Gasteiger partial charge in [0.1, 0.15) is 17.6 Å². The van der Waals surface area contributed by atoms with Crippen LogP contribution in [-0.4, -0.2) is 25.6 Å². The van der Waals surface area contributed by atoms with Crippen LogP contribution in [0, 0.1) is 17.5 Å². The van der Waals surface area contributed by atoms with Crippen molar-refractivity contribution in [3.05, 3.63) is 83.7 Å².